The highest BCUT2D eigenvalue weighted by atomic mass is 16.7. The minimum Gasteiger partial charge on any atom is -0.504 e. The molecule has 0 aromatic heterocycles. The number of aliphatic hydroxyl groups is 3. The first-order valence-electron chi connectivity index (χ1n) is 9.00. The van der Waals surface area contributed by atoms with Crippen LogP contribution >= 0.6 is 0 Å². The van der Waals surface area contributed by atoms with Crippen LogP contribution in [-0.2, 0) is 14.2 Å². The molecule has 10 nitrogen and oxygen atoms in total. The molecule has 0 saturated carbocycles. The lowest BCUT2D eigenvalue weighted by atomic mass is 9.99. The number of rotatable bonds is 8. The van der Waals surface area contributed by atoms with Gasteiger partial charge in [0, 0.05) is 6.61 Å². The van der Waals surface area contributed by atoms with Gasteiger partial charge in [-0.2, -0.15) is 0 Å². The second-order valence-corrected chi connectivity index (χ2v) is 6.52. The van der Waals surface area contributed by atoms with Crippen LogP contribution in [0.15, 0.2) is 12.1 Å². The fourth-order valence-electron chi connectivity index (χ4n) is 2.80. The van der Waals surface area contributed by atoms with Gasteiger partial charge in [-0.25, -0.2) is 4.79 Å². The summed E-state index contributed by atoms with van der Waals surface area (Å²) in [5, 5.41) is 58.4. The van der Waals surface area contributed by atoms with Crippen molar-refractivity contribution in [3.05, 3.63) is 17.7 Å². The average molecular weight is 402 g/mol. The van der Waals surface area contributed by atoms with Crippen molar-refractivity contribution in [1.29, 1.82) is 0 Å². The van der Waals surface area contributed by atoms with Crippen molar-refractivity contribution >= 4 is 5.97 Å². The molecule has 1 aromatic rings. The highest BCUT2D eigenvalue weighted by molar-refractivity contribution is 5.91. The number of carbonyl (C=O) groups excluding carboxylic acids is 1. The van der Waals surface area contributed by atoms with Crippen LogP contribution in [0, 0.1) is 0 Å². The molecular formula is C18H26O10. The van der Waals surface area contributed by atoms with E-state index in [0.29, 0.717) is 0 Å². The third-order valence-corrected chi connectivity index (χ3v) is 4.40. The highest BCUT2D eigenvalue weighted by Gasteiger charge is 2.47. The van der Waals surface area contributed by atoms with Crippen molar-refractivity contribution < 1.29 is 49.6 Å². The molecule has 0 bridgehead atoms. The van der Waals surface area contributed by atoms with Crippen molar-refractivity contribution in [2.45, 2.75) is 56.9 Å². The first-order chi connectivity index (χ1) is 13.3. The Morgan fingerprint density at radius 3 is 2.32 bits per heavy atom. The Morgan fingerprint density at radius 1 is 1.11 bits per heavy atom. The van der Waals surface area contributed by atoms with Crippen molar-refractivity contribution in [3.63, 3.8) is 0 Å². The predicted molar refractivity (Wildman–Crippen MR) is 93.9 cm³/mol. The van der Waals surface area contributed by atoms with Gasteiger partial charge in [-0.05, 0) is 18.6 Å². The van der Waals surface area contributed by atoms with Crippen LogP contribution in [0.25, 0.3) is 0 Å². The van der Waals surface area contributed by atoms with Crippen LogP contribution in [0.4, 0.5) is 0 Å². The van der Waals surface area contributed by atoms with E-state index in [0.717, 1.165) is 31.4 Å². The molecule has 0 radical (unpaired) electrons. The molecule has 2 rings (SSSR count). The van der Waals surface area contributed by atoms with Crippen molar-refractivity contribution in [2.24, 2.45) is 0 Å². The van der Waals surface area contributed by atoms with Crippen molar-refractivity contribution in [3.8, 4) is 17.2 Å². The van der Waals surface area contributed by atoms with Gasteiger partial charge in [0.05, 0.1) is 12.2 Å². The smallest absolute Gasteiger partial charge is 0.338 e. The first kappa shape index (κ1) is 22.2. The summed E-state index contributed by atoms with van der Waals surface area (Å²) in [5.74, 6) is -3.37. The fraction of sp³-hybridized carbons (Fsp3) is 0.611. The van der Waals surface area contributed by atoms with Gasteiger partial charge in [0.2, 0.25) is 0 Å². The fourth-order valence-corrected chi connectivity index (χ4v) is 2.80. The zero-order valence-corrected chi connectivity index (χ0v) is 15.4. The van der Waals surface area contributed by atoms with E-state index in [-0.39, 0.29) is 12.2 Å². The molecule has 1 unspecified atom stereocenters. The molecule has 1 fully saturated rings. The van der Waals surface area contributed by atoms with Gasteiger partial charge in [-0.1, -0.05) is 19.8 Å². The first-order valence-corrected chi connectivity index (χ1v) is 9.00. The van der Waals surface area contributed by atoms with E-state index in [1.54, 1.807) is 0 Å². The third-order valence-electron chi connectivity index (χ3n) is 4.40. The number of ether oxygens (including phenoxy) is 3. The number of hydrogen-bond acceptors (Lipinski definition) is 10. The number of hydrogen-bond donors (Lipinski definition) is 6. The molecule has 5 atom stereocenters. The normalized spacial score (nSPS) is 27.5. The minimum atomic E-state index is -1.61. The number of aliphatic hydroxyl groups excluding tert-OH is 3. The molecule has 0 spiro atoms. The summed E-state index contributed by atoms with van der Waals surface area (Å²) in [6.45, 7) is 1.68. The number of unbranched alkanes of at least 4 members (excludes halogenated alkanes) is 2. The lowest BCUT2D eigenvalue weighted by Crippen LogP contribution is -2.60. The van der Waals surface area contributed by atoms with Crippen molar-refractivity contribution in [1.82, 2.24) is 0 Å². The van der Waals surface area contributed by atoms with Gasteiger partial charge in [-0.3, -0.25) is 0 Å². The van der Waals surface area contributed by atoms with E-state index in [9.17, 15) is 35.4 Å². The summed E-state index contributed by atoms with van der Waals surface area (Å²) in [4.78, 5) is 12.3. The quantitative estimate of drug-likeness (QED) is 0.197. The van der Waals surface area contributed by atoms with E-state index >= 15 is 0 Å². The molecule has 1 aromatic carbocycles. The zero-order chi connectivity index (χ0) is 20.8. The van der Waals surface area contributed by atoms with E-state index in [2.05, 4.69) is 0 Å². The van der Waals surface area contributed by atoms with Crippen molar-refractivity contribution in [2.75, 3.05) is 13.2 Å². The van der Waals surface area contributed by atoms with E-state index in [1.165, 1.54) is 0 Å². The van der Waals surface area contributed by atoms with Gasteiger partial charge in [-0.15, -0.1) is 0 Å². The maximum atomic E-state index is 12.3. The molecule has 1 heterocycles. The second-order valence-electron chi connectivity index (χ2n) is 6.52. The van der Waals surface area contributed by atoms with Gasteiger partial charge in [0.15, 0.2) is 29.6 Å². The van der Waals surface area contributed by atoms with Crippen LogP contribution in [0.1, 0.15) is 36.5 Å². The Kier molecular flexibility index (Phi) is 7.84. The summed E-state index contributed by atoms with van der Waals surface area (Å²) >= 11 is 0. The van der Waals surface area contributed by atoms with E-state index < -0.39 is 60.5 Å². The number of aromatic hydroxyl groups is 3. The third kappa shape index (κ3) is 5.03. The predicted octanol–water partition coefficient (Wildman–Crippen LogP) is -0.0254. The minimum absolute atomic E-state index is 0.289. The number of phenols is 3. The zero-order valence-electron chi connectivity index (χ0n) is 15.4. The summed E-state index contributed by atoms with van der Waals surface area (Å²) < 4.78 is 15.9. The van der Waals surface area contributed by atoms with E-state index in [1.807, 2.05) is 6.92 Å². The van der Waals surface area contributed by atoms with Crippen LogP contribution in [0.3, 0.4) is 0 Å². The SMILES string of the molecule is CCCCCOC1O[C@H](CO)[C@@H](OC(=O)c2cc(O)c(O)c(O)c2)[C@H](O)[C@H]1O. The lowest BCUT2D eigenvalue weighted by Gasteiger charge is -2.41. The van der Waals surface area contributed by atoms with Gasteiger partial charge < -0.3 is 44.8 Å². The van der Waals surface area contributed by atoms with Crippen LogP contribution in [0.2, 0.25) is 0 Å². The Labute approximate surface area is 161 Å². The molecule has 10 heteroatoms. The lowest BCUT2D eigenvalue weighted by molar-refractivity contribution is -0.300. The maximum absolute atomic E-state index is 12.3. The molecular weight excluding hydrogens is 376 g/mol. The largest absolute Gasteiger partial charge is 0.504 e. The number of esters is 1. The highest BCUT2D eigenvalue weighted by Crippen LogP contribution is 2.36. The monoisotopic (exact) mass is 402 g/mol. The number of carbonyl (C=O) groups is 1. The van der Waals surface area contributed by atoms with Crippen LogP contribution in [0.5, 0.6) is 17.2 Å². The van der Waals surface area contributed by atoms with Gasteiger partial charge >= 0.3 is 5.97 Å². The molecule has 1 aliphatic rings. The molecule has 0 amide bonds. The maximum Gasteiger partial charge on any atom is 0.338 e. The molecule has 1 saturated heterocycles. The average Bonchev–Trinajstić information content (AvgIpc) is 2.67. The van der Waals surface area contributed by atoms with Gasteiger partial charge in [0.25, 0.3) is 0 Å². The Balaban J connectivity index is 2.07. The number of benzene rings is 1. The summed E-state index contributed by atoms with van der Waals surface area (Å²) in [7, 11) is 0. The van der Waals surface area contributed by atoms with Crippen LogP contribution in [-0.4, -0.2) is 80.5 Å². The Morgan fingerprint density at radius 2 is 1.75 bits per heavy atom. The molecule has 28 heavy (non-hydrogen) atoms. The second kappa shape index (κ2) is 9.89. The Hall–Kier alpha value is -2.11. The standard InChI is InChI=1S/C18H26O10/c1-2-3-4-5-26-18-15(24)14(23)16(12(8-19)27-18)28-17(25)9-6-10(20)13(22)11(21)7-9/h6-7,12,14-16,18-24H,2-5,8H2,1H3/t12-,14-,15-,16-,18?/m1/s1. The molecule has 1 aliphatic heterocycles. The van der Waals surface area contributed by atoms with Gasteiger partial charge in [0.1, 0.15) is 18.3 Å². The number of phenolic OH excluding ortho intramolecular Hbond substituents is 3. The summed E-state index contributed by atoms with van der Waals surface area (Å²) in [5.41, 5.74) is -0.316. The molecule has 158 valence electrons. The Bertz CT molecular complexity index is 639. The summed E-state index contributed by atoms with van der Waals surface area (Å²) in [6.07, 6.45) is -4.30. The molecule has 6 N–H and O–H groups in total. The molecule has 0 aliphatic carbocycles. The van der Waals surface area contributed by atoms with Crippen LogP contribution < -0.4 is 0 Å². The van der Waals surface area contributed by atoms with E-state index in [4.69, 9.17) is 14.2 Å². The summed E-state index contributed by atoms with van der Waals surface area (Å²) in [6, 6.07) is 1.72. The topological polar surface area (TPSA) is 166 Å².